The quantitative estimate of drug-likeness (QED) is 0.401. The van der Waals surface area contributed by atoms with Gasteiger partial charge in [-0.2, -0.15) is 0 Å². The van der Waals surface area contributed by atoms with Gasteiger partial charge in [0.1, 0.15) is 0 Å². The number of allylic oxidation sites excluding steroid dienone is 1. The van der Waals surface area contributed by atoms with Gasteiger partial charge in [0.2, 0.25) is 15.9 Å². The van der Waals surface area contributed by atoms with Crippen LogP contribution in [0, 0.1) is 16.7 Å². The summed E-state index contributed by atoms with van der Waals surface area (Å²) in [5.74, 6) is -0.187. The van der Waals surface area contributed by atoms with E-state index in [1.807, 2.05) is 6.08 Å². The zero-order valence-electron chi connectivity index (χ0n) is 18.5. The van der Waals surface area contributed by atoms with Gasteiger partial charge in [-0.05, 0) is 56.3 Å². The van der Waals surface area contributed by atoms with E-state index in [-0.39, 0.29) is 35.0 Å². The molecule has 0 N–H and O–H groups in total. The molecule has 4 aliphatic rings. The van der Waals surface area contributed by atoms with Crippen LogP contribution < -0.4 is 0 Å². The Hall–Kier alpha value is -0.920. The van der Waals surface area contributed by atoms with Gasteiger partial charge >= 0.3 is 0 Å². The summed E-state index contributed by atoms with van der Waals surface area (Å²) in [6.45, 7) is 9.33. The third-order valence-electron chi connectivity index (χ3n) is 8.63. The lowest BCUT2D eigenvalue weighted by atomic mass is 9.69. The number of sulfonamides is 1. The molecule has 30 heavy (non-hydrogen) atoms. The second kappa shape index (κ2) is 7.89. The van der Waals surface area contributed by atoms with Crippen LogP contribution >= 0.6 is 0 Å². The highest BCUT2D eigenvalue weighted by molar-refractivity contribution is 7.90. The van der Waals surface area contributed by atoms with Crippen LogP contribution in [0.15, 0.2) is 12.7 Å². The molecular weight excluding hydrogens is 402 g/mol. The fraction of sp³-hybridized carbons (Fsp3) is 0.870. The van der Waals surface area contributed by atoms with Gasteiger partial charge in [-0.25, -0.2) is 12.7 Å². The van der Waals surface area contributed by atoms with Crippen molar-refractivity contribution in [1.29, 1.82) is 0 Å². The summed E-state index contributed by atoms with van der Waals surface area (Å²) in [5, 5.41) is 0. The van der Waals surface area contributed by atoms with Crippen molar-refractivity contribution in [2.45, 2.75) is 89.9 Å². The normalized spacial score (nSPS) is 34.9. The molecule has 0 unspecified atom stereocenters. The first-order valence-corrected chi connectivity index (χ1v) is 13.2. The standard InChI is InChI=1S/C23H37NO5S/c1-4-5-6-7-11-23(28-14-15-29-23)12-8-9-20(25)24-19-16-18-10-13-22(19,21(18,2)3)17-30(24,26)27/h4,18-19H,1,5-17H2,2-3H3/t18-,19-,22-/m1/s1. The number of hydrogen-bond donors (Lipinski definition) is 0. The van der Waals surface area contributed by atoms with E-state index in [9.17, 15) is 13.2 Å². The van der Waals surface area contributed by atoms with Crippen LogP contribution in [0.1, 0.15) is 78.1 Å². The summed E-state index contributed by atoms with van der Waals surface area (Å²) in [7, 11) is -3.53. The van der Waals surface area contributed by atoms with Crippen molar-refractivity contribution < 1.29 is 22.7 Å². The molecule has 7 heteroatoms. The Morgan fingerprint density at radius 1 is 1.17 bits per heavy atom. The molecule has 2 heterocycles. The van der Waals surface area contributed by atoms with Crippen LogP contribution in [0.5, 0.6) is 0 Å². The van der Waals surface area contributed by atoms with Gasteiger partial charge < -0.3 is 9.47 Å². The highest BCUT2D eigenvalue weighted by Crippen LogP contribution is 2.70. The summed E-state index contributed by atoms with van der Waals surface area (Å²) < 4.78 is 39.2. The highest BCUT2D eigenvalue weighted by Gasteiger charge is 2.72. The van der Waals surface area contributed by atoms with Crippen LogP contribution in [-0.4, -0.2) is 49.4 Å². The molecule has 170 valence electrons. The van der Waals surface area contributed by atoms with E-state index in [1.165, 1.54) is 4.31 Å². The van der Waals surface area contributed by atoms with Crippen LogP contribution in [0.2, 0.25) is 0 Å². The second-order valence-electron chi connectivity index (χ2n) is 10.3. The summed E-state index contributed by atoms with van der Waals surface area (Å²) in [6.07, 6.45) is 10.0. The summed E-state index contributed by atoms with van der Waals surface area (Å²) in [6, 6.07) is -0.143. The van der Waals surface area contributed by atoms with Crippen LogP contribution in [0.4, 0.5) is 0 Å². The zero-order chi connectivity index (χ0) is 21.6. The topological polar surface area (TPSA) is 72.9 Å². The number of unbranched alkanes of at least 4 members (excludes halogenated alkanes) is 2. The van der Waals surface area contributed by atoms with E-state index in [0.717, 1.165) is 44.9 Å². The summed E-state index contributed by atoms with van der Waals surface area (Å²) in [4.78, 5) is 13.1. The maximum absolute atomic E-state index is 13.1. The molecule has 3 atom stereocenters. The smallest absolute Gasteiger partial charge is 0.238 e. The molecule has 1 amide bonds. The largest absolute Gasteiger partial charge is 0.348 e. The number of nitrogens with zero attached hydrogens (tertiary/aromatic N) is 1. The lowest BCUT2D eigenvalue weighted by Gasteiger charge is -2.37. The number of hydrogen-bond acceptors (Lipinski definition) is 5. The molecule has 4 rings (SSSR count). The van der Waals surface area contributed by atoms with Crippen molar-refractivity contribution in [1.82, 2.24) is 4.31 Å². The van der Waals surface area contributed by atoms with Crippen molar-refractivity contribution in [2.75, 3.05) is 19.0 Å². The van der Waals surface area contributed by atoms with Gasteiger partial charge in [-0.15, -0.1) is 6.58 Å². The Kier molecular flexibility index (Phi) is 5.86. The predicted octanol–water partition coefficient (Wildman–Crippen LogP) is 4.01. The van der Waals surface area contributed by atoms with Gasteiger partial charge in [-0.3, -0.25) is 4.79 Å². The maximum atomic E-state index is 13.1. The molecular formula is C23H37NO5S. The molecule has 2 saturated carbocycles. The number of carbonyl (C=O) groups excluding carboxylic acids is 1. The fourth-order valence-corrected chi connectivity index (χ4v) is 9.41. The lowest BCUT2D eigenvalue weighted by Crippen LogP contribution is -2.44. The summed E-state index contributed by atoms with van der Waals surface area (Å²) in [5.41, 5.74) is -0.267. The molecule has 2 saturated heterocycles. The van der Waals surface area contributed by atoms with Gasteiger partial charge in [0.25, 0.3) is 0 Å². The number of amides is 1. The Bertz CT molecular complexity index is 785. The van der Waals surface area contributed by atoms with Gasteiger partial charge in [0, 0.05) is 24.7 Å². The Labute approximate surface area is 181 Å². The molecule has 2 bridgehead atoms. The van der Waals surface area contributed by atoms with Crippen molar-refractivity contribution >= 4 is 15.9 Å². The van der Waals surface area contributed by atoms with Gasteiger partial charge in [0.05, 0.1) is 25.0 Å². The third kappa shape index (κ3) is 3.45. The van der Waals surface area contributed by atoms with E-state index in [2.05, 4.69) is 20.4 Å². The molecule has 1 spiro atoms. The second-order valence-corrected chi connectivity index (χ2v) is 12.2. The summed E-state index contributed by atoms with van der Waals surface area (Å²) >= 11 is 0. The van der Waals surface area contributed by atoms with E-state index in [1.54, 1.807) is 0 Å². The number of fused-ring (bicyclic) bond motifs is 1. The first-order chi connectivity index (χ1) is 14.2. The van der Waals surface area contributed by atoms with Crippen molar-refractivity contribution in [2.24, 2.45) is 16.7 Å². The van der Waals surface area contributed by atoms with Crippen molar-refractivity contribution in [3.63, 3.8) is 0 Å². The molecule has 2 aliphatic carbocycles. The molecule has 2 aliphatic heterocycles. The van der Waals surface area contributed by atoms with Gasteiger partial charge in [0.15, 0.2) is 5.79 Å². The fourth-order valence-electron chi connectivity index (χ4n) is 6.83. The Balaban J connectivity index is 1.38. The van der Waals surface area contributed by atoms with Crippen molar-refractivity contribution in [3.8, 4) is 0 Å². The molecule has 6 nitrogen and oxygen atoms in total. The van der Waals surface area contributed by atoms with Crippen LogP contribution in [-0.2, 0) is 24.3 Å². The van der Waals surface area contributed by atoms with Gasteiger partial charge in [-0.1, -0.05) is 19.9 Å². The predicted molar refractivity (Wildman–Crippen MR) is 115 cm³/mol. The van der Waals surface area contributed by atoms with E-state index in [4.69, 9.17) is 9.47 Å². The number of rotatable bonds is 9. The average molecular weight is 440 g/mol. The van der Waals surface area contributed by atoms with Crippen LogP contribution in [0.3, 0.4) is 0 Å². The van der Waals surface area contributed by atoms with Crippen LogP contribution in [0.25, 0.3) is 0 Å². The lowest BCUT2D eigenvalue weighted by molar-refractivity contribution is -0.169. The maximum Gasteiger partial charge on any atom is 0.238 e. The van der Waals surface area contributed by atoms with E-state index in [0.29, 0.717) is 32.0 Å². The first-order valence-electron chi connectivity index (χ1n) is 11.6. The van der Waals surface area contributed by atoms with Crippen molar-refractivity contribution in [3.05, 3.63) is 12.7 Å². The number of ether oxygens (including phenoxy) is 2. The Morgan fingerprint density at radius 3 is 2.53 bits per heavy atom. The minimum absolute atomic E-state index is 0.0131. The zero-order valence-corrected chi connectivity index (χ0v) is 19.3. The number of carbonyl (C=O) groups is 1. The highest BCUT2D eigenvalue weighted by atomic mass is 32.2. The molecule has 0 aromatic rings. The first kappa shape index (κ1) is 22.3. The third-order valence-corrected chi connectivity index (χ3v) is 10.6. The minimum Gasteiger partial charge on any atom is -0.348 e. The molecule has 0 aromatic heterocycles. The minimum atomic E-state index is -3.53. The SMILES string of the molecule is C=CCCCCC1(CCCC(=O)N2[C@@H]3C[C@H]4CC[C@]3(CS2(=O)=O)C4(C)C)OCCO1. The molecule has 0 radical (unpaired) electrons. The van der Waals surface area contributed by atoms with E-state index < -0.39 is 15.8 Å². The molecule has 4 fully saturated rings. The average Bonchev–Trinajstić information content (AvgIpc) is 3.35. The van der Waals surface area contributed by atoms with E-state index >= 15 is 0 Å². The molecule has 0 aromatic carbocycles. The Morgan fingerprint density at radius 2 is 1.87 bits per heavy atom. The monoisotopic (exact) mass is 439 g/mol.